The number of nitrogens with one attached hydrogen (secondary N) is 1. The predicted octanol–water partition coefficient (Wildman–Crippen LogP) is 4.15. The molecule has 6 heteroatoms. The summed E-state index contributed by atoms with van der Waals surface area (Å²) in [7, 11) is 0. The van der Waals surface area contributed by atoms with Crippen LogP contribution in [0, 0.1) is 0 Å². The molecule has 1 aliphatic rings. The van der Waals surface area contributed by atoms with Crippen molar-refractivity contribution in [2.24, 2.45) is 0 Å². The van der Waals surface area contributed by atoms with Gasteiger partial charge in [0.05, 0.1) is 11.1 Å². The van der Waals surface area contributed by atoms with Gasteiger partial charge in [0, 0.05) is 11.2 Å². The lowest BCUT2D eigenvalue weighted by molar-refractivity contribution is -0.137. The number of carbonyl (C=O) groups is 1. The van der Waals surface area contributed by atoms with E-state index in [1.54, 1.807) is 0 Å². The molecule has 3 nitrogen and oxygen atoms in total. The summed E-state index contributed by atoms with van der Waals surface area (Å²) >= 11 is 0. The van der Waals surface area contributed by atoms with Crippen LogP contribution in [-0.2, 0) is 6.18 Å². The molecule has 0 unspecified atom stereocenters. The van der Waals surface area contributed by atoms with E-state index in [9.17, 15) is 18.0 Å². The first-order valence-corrected chi connectivity index (χ1v) is 6.50. The van der Waals surface area contributed by atoms with Gasteiger partial charge in [0.1, 0.15) is 0 Å². The second kappa shape index (κ2) is 5.00. The molecule has 1 aromatic carbocycles. The maximum absolute atomic E-state index is 12.6. The Bertz CT molecular complexity index is 516. The largest absolute Gasteiger partial charge is 0.478 e. The summed E-state index contributed by atoms with van der Waals surface area (Å²) in [6.45, 7) is 1.98. The van der Waals surface area contributed by atoms with Gasteiger partial charge in [-0.1, -0.05) is 6.92 Å². The SMILES string of the molecule is CCC1(Nc2ccc(C(F)(F)F)cc2C(=O)O)CCC1. The number of halogens is 3. The van der Waals surface area contributed by atoms with Crippen LogP contribution in [-0.4, -0.2) is 16.6 Å². The molecule has 2 N–H and O–H groups in total. The van der Waals surface area contributed by atoms with E-state index in [1.165, 1.54) is 6.07 Å². The van der Waals surface area contributed by atoms with Crippen molar-refractivity contribution in [2.45, 2.75) is 44.3 Å². The average Bonchev–Trinajstić information content (AvgIpc) is 2.32. The molecule has 0 saturated heterocycles. The van der Waals surface area contributed by atoms with Crippen molar-refractivity contribution in [2.75, 3.05) is 5.32 Å². The molecule has 1 aromatic rings. The van der Waals surface area contributed by atoms with Gasteiger partial charge in [0.25, 0.3) is 0 Å². The maximum Gasteiger partial charge on any atom is 0.416 e. The lowest BCUT2D eigenvalue weighted by Crippen LogP contribution is -2.44. The summed E-state index contributed by atoms with van der Waals surface area (Å²) < 4.78 is 37.9. The highest BCUT2D eigenvalue weighted by Gasteiger charge is 2.37. The third-order valence-electron chi connectivity index (χ3n) is 3.96. The van der Waals surface area contributed by atoms with Crippen molar-refractivity contribution in [3.8, 4) is 0 Å². The standard InChI is InChI=1S/C14H16F3NO2/c1-2-13(6-3-7-13)18-11-5-4-9(14(15,16)17)8-10(11)12(19)20/h4-5,8,18H,2-3,6-7H2,1H3,(H,19,20). The number of benzene rings is 1. The van der Waals surface area contributed by atoms with Crippen molar-refractivity contribution >= 4 is 11.7 Å². The first-order valence-electron chi connectivity index (χ1n) is 6.50. The zero-order valence-corrected chi connectivity index (χ0v) is 11.0. The van der Waals surface area contributed by atoms with Gasteiger partial charge >= 0.3 is 12.1 Å². The normalized spacial score (nSPS) is 17.4. The van der Waals surface area contributed by atoms with Gasteiger partial charge in [-0.05, 0) is 43.9 Å². The zero-order chi connectivity index (χ0) is 15.0. The molecule has 0 bridgehead atoms. The molecule has 1 fully saturated rings. The molecule has 1 saturated carbocycles. The summed E-state index contributed by atoms with van der Waals surface area (Å²) in [4.78, 5) is 11.2. The van der Waals surface area contributed by atoms with E-state index in [0.717, 1.165) is 31.7 Å². The second-order valence-corrected chi connectivity index (χ2v) is 5.18. The number of anilines is 1. The van der Waals surface area contributed by atoms with E-state index in [2.05, 4.69) is 5.32 Å². The topological polar surface area (TPSA) is 49.3 Å². The van der Waals surface area contributed by atoms with Crippen LogP contribution < -0.4 is 5.32 Å². The van der Waals surface area contributed by atoms with Crippen molar-refractivity contribution < 1.29 is 23.1 Å². The molecular weight excluding hydrogens is 271 g/mol. The van der Waals surface area contributed by atoms with E-state index < -0.39 is 17.7 Å². The molecule has 110 valence electrons. The zero-order valence-electron chi connectivity index (χ0n) is 11.0. The second-order valence-electron chi connectivity index (χ2n) is 5.18. The fourth-order valence-electron chi connectivity index (χ4n) is 2.46. The number of carboxylic acid groups (broad SMARTS) is 1. The predicted molar refractivity (Wildman–Crippen MR) is 68.9 cm³/mol. The van der Waals surface area contributed by atoms with Crippen LogP contribution in [0.1, 0.15) is 48.5 Å². The summed E-state index contributed by atoms with van der Waals surface area (Å²) in [5.74, 6) is -1.36. The number of rotatable bonds is 4. The molecule has 0 amide bonds. The van der Waals surface area contributed by atoms with E-state index in [0.29, 0.717) is 6.07 Å². The van der Waals surface area contributed by atoms with Crippen LogP contribution in [0.15, 0.2) is 18.2 Å². The van der Waals surface area contributed by atoms with Gasteiger partial charge < -0.3 is 10.4 Å². The van der Waals surface area contributed by atoms with Crippen LogP contribution in [0.3, 0.4) is 0 Å². The number of aromatic carboxylic acids is 1. The molecule has 0 spiro atoms. The molecule has 0 aromatic heterocycles. The van der Waals surface area contributed by atoms with Gasteiger partial charge in [0.2, 0.25) is 0 Å². The summed E-state index contributed by atoms with van der Waals surface area (Å²) in [5.41, 5.74) is -1.20. The Hall–Kier alpha value is -1.72. The third-order valence-corrected chi connectivity index (χ3v) is 3.96. The highest BCUT2D eigenvalue weighted by atomic mass is 19.4. The quantitative estimate of drug-likeness (QED) is 0.874. The summed E-state index contributed by atoms with van der Waals surface area (Å²) in [5, 5.41) is 12.2. The van der Waals surface area contributed by atoms with E-state index in [1.807, 2.05) is 6.92 Å². The minimum absolute atomic E-state index is 0.177. The van der Waals surface area contributed by atoms with Crippen LogP contribution in [0.5, 0.6) is 0 Å². The van der Waals surface area contributed by atoms with Gasteiger partial charge in [-0.15, -0.1) is 0 Å². The fourth-order valence-corrected chi connectivity index (χ4v) is 2.46. The van der Waals surface area contributed by atoms with E-state index in [4.69, 9.17) is 5.11 Å². The molecule has 0 atom stereocenters. The number of hydrogen-bond acceptors (Lipinski definition) is 2. The third kappa shape index (κ3) is 2.73. The van der Waals surface area contributed by atoms with Crippen molar-refractivity contribution in [1.82, 2.24) is 0 Å². The Morgan fingerprint density at radius 3 is 2.45 bits per heavy atom. The monoisotopic (exact) mass is 287 g/mol. The van der Waals surface area contributed by atoms with Gasteiger partial charge in [0.15, 0.2) is 0 Å². The number of hydrogen-bond donors (Lipinski definition) is 2. The van der Waals surface area contributed by atoms with Crippen LogP contribution in [0.25, 0.3) is 0 Å². The van der Waals surface area contributed by atoms with E-state index in [-0.39, 0.29) is 16.8 Å². The number of carboxylic acids is 1. The molecule has 1 aliphatic carbocycles. The van der Waals surface area contributed by atoms with Crippen LogP contribution in [0.4, 0.5) is 18.9 Å². The van der Waals surface area contributed by atoms with E-state index >= 15 is 0 Å². The summed E-state index contributed by atoms with van der Waals surface area (Å²) in [6.07, 6.45) is -0.869. The smallest absolute Gasteiger partial charge is 0.416 e. The maximum atomic E-state index is 12.6. The van der Waals surface area contributed by atoms with Crippen molar-refractivity contribution in [3.05, 3.63) is 29.3 Å². The highest BCUT2D eigenvalue weighted by molar-refractivity contribution is 5.94. The Morgan fingerprint density at radius 1 is 1.40 bits per heavy atom. The van der Waals surface area contributed by atoms with Gasteiger partial charge in [-0.3, -0.25) is 0 Å². The minimum Gasteiger partial charge on any atom is -0.478 e. The molecule has 0 heterocycles. The Balaban J connectivity index is 2.36. The van der Waals surface area contributed by atoms with Gasteiger partial charge in [-0.25, -0.2) is 4.79 Å². The molecule has 0 aliphatic heterocycles. The highest BCUT2D eigenvalue weighted by Crippen LogP contribution is 2.39. The molecule has 2 rings (SSSR count). The van der Waals surface area contributed by atoms with Crippen molar-refractivity contribution in [1.29, 1.82) is 0 Å². The minimum atomic E-state index is -4.54. The average molecular weight is 287 g/mol. The van der Waals surface area contributed by atoms with Gasteiger partial charge in [-0.2, -0.15) is 13.2 Å². The fraction of sp³-hybridized carbons (Fsp3) is 0.500. The lowest BCUT2D eigenvalue weighted by atomic mass is 9.74. The lowest BCUT2D eigenvalue weighted by Gasteiger charge is -2.43. The number of alkyl halides is 3. The first kappa shape index (κ1) is 14.7. The molecule has 0 radical (unpaired) electrons. The Kier molecular flexibility index (Phi) is 3.67. The Labute approximate surface area is 114 Å². The Morgan fingerprint density at radius 2 is 2.05 bits per heavy atom. The molecule has 20 heavy (non-hydrogen) atoms. The first-order chi connectivity index (χ1) is 9.27. The van der Waals surface area contributed by atoms with Crippen molar-refractivity contribution in [3.63, 3.8) is 0 Å². The molecular formula is C14H16F3NO2. The van der Waals surface area contributed by atoms with Crippen LogP contribution in [0.2, 0.25) is 0 Å². The summed E-state index contributed by atoms with van der Waals surface area (Å²) in [6, 6.07) is 2.81. The van der Waals surface area contributed by atoms with Crippen LogP contribution >= 0.6 is 0 Å².